The SMILES string of the molecule is Nc1ccn2c(-c3cccc(C(F)(F)F)c3)nc(Cl)c2c1. The molecule has 2 aromatic heterocycles. The molecule has 0 unspecified atom stereocenters. The number of hydrogen-bond acceptors (Lipinski definition) is 2. The Kier molecular flexibility index (Phi) is 3.06. The Morgan fingerprint density at radius 3 is 2.62 bits per heavy atom. The molecule has 0 saturated heterocycles. The first-order chi connectivity index (χ1) is 9.86. The molecule has 21 heavy (non-hydrogen) atoms. The van der Waals surface area contributed by atoms with Crippen LogP contribution in [0.15, 0.2) is 42.6 Å². The van der Waals surface area contributed by atoms with Crippen LogP contribution in [-0.2, 0) is 6.18 Å². The van der Waals surface area contributed by atoms with E-state index in [1.54, 1.807) is 28.8 Å². The third-order valence-corrected chi connectivity index (χ3v) is 3.35. The molecule has 0 bridgehead atoms. The Morgan fingerprint density at radius 2 is 1.90 bits per heavy atom. The largest absolute Gasteiger partial charge is 0.416 e. The first kappa shape index (κ1) is 13.8. The normalized spacial score (nSPS) is 12.0. The van der Waals surface area contributed by atoms with Crippen LogP contribution >= 0.6 is 11.6 Å². The second kappa shape index (κ2) is 4.66. The van der Waals surface area contributed by atoms with Crippen molar-refractivity contribution in [3.8, 4) is 11.4 Å². The zero-order chi connectivity index (χ0) is 15.2. The highest BCUT2D eigenvalue weighted by molar-refractivity contribution is 6.33. The zero-order valence-electron chi connectivity index (χ0n) is 10.5. The lowest BCUT2D eigenvalue weighted by Gasteiger charge is -2.08. The van der Waals surface area contributed by atoms with Crippen LogP contribution < -0.4 is 5.73 Å². The van der Waals surface area contributed by atoms with Gasteiger partial charge in [-0.3, -0.25) is 4.40 Å². The number of benzene rings is 1. The number of anilines is 1. The van der Waals surface area contributed by atoms with Crippen molar-refractivity contribution in [2.75, 3.05) is 5.73 Å². The molecule has 0 fully saturated rings. The molecule has 0 amide bonds. The van der Waals surface area contributed by atoms with E-state index >= 15 is 0 Å². The molecular formula is C14H9ClF3N3. The fourth-order valence-corrected chi connectivity index (χ4v) is 2.33. The summed E-state index contributed by atoms with van der Waals surface area (Å²) in [6.07, 6.45) is -2.78. The van der Waals surface area contributed by atoms with Crippen LogP contribution in [0.1, 0.15) is 5.56 Å². The predicted molar refractivity (Wildman–Crippen MR) is 75.1 cm³/mol. The molecule has 3 aromatic rings. The number of nitrogen functional groups attached to an aromatic ring is 1. The van der Waals surface area contributed by atoms with Gasteiger partial charge in [0.1, 0.15) is 5.82 Å². The van der Waals surface area contributed by atoms with Crippen LogP contribution in [0.4, 0.5) is 18.9 Å². The van der Waals surface area contributed by atoms with Crippen LogP contribution in [-0.4, -0.2) is 9.38 Å². The summed E-state index contributed by atoms with van der Waals surface area (Å²) in [4.78, 5) is 4.13. The molecule has 0 aliphatic rings. The number of hydrogen-bond donors (Lipinski definition) is 1. The third-order valence-electron chi connectivity index (χ3n) is 3.07. The molecule has 0 aliphatic heterocycles. The van der Waals surface area contributed by atoms with Crippen molar-refractivity contribution in [2.45, 2.75) is 6.18 Å². The molecule has 108 valence electrons. The standard InChI is InChI=1S/C14H9ClF3N3/c15-12-11-7-10(19)4-5-21(11)13(20-12)8-2-1-3-9(6-8)14(16,17)18/h1-7H,19H2. The molecule has 3 rings (SSSR count). The molecule has 0 spiro atoms. The second-order valence-corrected chi connectivity index (χ2v) is 4.88. The van der Waals surface area contributed by atoms with Gasteiger partial charge in [-0.25, -0.2) is 4.98 Å². The lowest BCUT2D eigenvalue weighted by molar-refractivity contribution is -0.137. The van der Waals surface area contributed by atoms with Crippen molar-refractivity contribution < 1.29 is 13.2 Å². The Balaban J connectivity index is 2.22. The smallest absolute Gasteiger partial charge is 0.399 e. The molecule has 2 N–H and O–H groups in total. The Hall–Kier alpha value is -2.21. The van der Waals surface area contributed by atoms with Crippen molar-refractivity contribution in [1.29, 1.82) is 0 Å². The van der Waals surface area contributed by atoms with Crippen LogP contribution in [0.25, 0.3) is 16.9 Å². The highest BCUT2D eigenvalue weighted by atomic mass is 35.5. The fourth-order valence-electron chi connectivity index (χ4n) is 2.10. The number of alkyl halides is 3. The van der Waals surface area contributed by atoms with Crippen LogP contribution in [0.5, 0.6) is 0 Å². The van der Waals surface area contributed by atoms with E-state index < -0.39 is 11.7 Å². The molecule has 2 heterocycles. The number of rotatable bonds is 1. The number of fused-ring (bicyclic) bond motifs is 1. The van der Waals surface area contributed by atoms with Gasteiger partial charge in [0.2, 0.25) is 0 Å². The van der Waals surface area contributed by atoms with Crippen LogP contribution in [0, 0.1) is 0 Å². The van der Waals surface area contributed by atoms with Gasteiger partial charge in [-0.05, 0) is 24.3 Å². The number of halogens is 4. The van der Waals surface area contributed by atoms with Gasteiger partial charge in [0, 0.05) is 17.4 Å². The maximum absolute atomic E-state index is 12.8. The monoisotopic (exact) mass is 311 g/mol. The molecule has 7 heteroatoms. The predicted octanol–water partition coefficient (Wildman–Crippen LogP) is 4.26. The quantitative estimate of drug-likeness (QED) is 0.730. The summed E-state index contributed by atoms with van der Waals surface area (Å²) in [5.74, 6) is 0.334. The van der Waals surface area contributed by atoms with Crippen LogP contribution in [0.3, 0.4) is 0 Å². The van der Waals surface area contributed by atoms with Crippen molar-refractivity contribution in [3.05, 3.63) is 53.3 Å². The van der Waals surface area contributed by atoms with E-state index in [0.29, 0.717) is 22.6 Å². The van der Waals surface area contributed by atoms with Crippen molar-refractivity contribution in [2.24, 2.45) is 0 Å². The first-order valence-electron chi connectivity index (χ1n) is 5.97. The molecule has 0 atom stereocenters. The van der Waals surface area contributed by atoms with Gasteiger partial charge < -0.3 is 5.73 Å². The van der Waals surface area contributed by atoms with Gasteiger partial charge >= 0.3 is 6.18 Å². The van der Waals surface area contributed by atoms with Crippen LogP contribution in [0.2, 0.25) is 5.15 Å². The van der Waals surface area contributed by atoms with Crippen molar-refractivity contribution in [1.82, 2.24) is 9.38 Å². The van der Waals surface area contributed by atoms with E-state index in [2.05, 4.69) is 4.98 Å². The summed E-state index contributed by atoms with van der Waals surface area (Å²) in [5, 5.41) is 0.190. The van der Waals surface area contributed by atoms with Gasteiger partial charge in [0.15, 0.2) is 5.15 Å². The van der Waals surface area contributed by atoms with E-state index in [1.165, 1.54) is 6.07 Å². The van der Waals surface area contributed by atoms with E-state index in [0.717, 1.165) is 12.1 Å². The topological polar surface area (TPSA) is 43.3 Å². The second-order valence-electron chi connectivity index (χ2n) is 4.52. The number of aromatic nitrogens is 2. The zero-order valence-corrected chi connectivity index (χ0v) is 11.3. The van der Waals surface area contributed by atoms with Gasteiger partial charge in [-0.2, -0.15) is 13.2 Å². The summed E-state index contributed by atoms with van der Waals surface area (Å²) in [5.41, 5.74) is 6.32. The average Bonchev–Trinajstić information content (AvgIpc) is 2.75. The number of nitrogens with two attached hydrogens (primary N) is 1. The van der Waals surface area contributed by atoms with Gasteiger partial charge in [0.25, 0.3) is 0 Å². The Morgan fingerprint density at radius 1 is 1.14 bits per heavy atom. The highest BCUT2D eigenvalue weighted by Gasteiger charge is 2.30. The molecule has 0 aliphatic carbocycles. The maximum Gasteiger partial charge on any atom is 0.416 e. The van der Waals surface area contributed by atoms with Gasteiger partial charge in [0.05, 0.1) is 11.1 Å². The lowest BCUT2D eigenvalue weighted by Crippen LogP contribution is -2.04. The summed E-state index contributed by atoms with van der Waals surface area (Å²) in [6.45, 7) is 0. The minimum atomic E-state index is -4.41. The third kappa shape index (κ3) is 2.42. The minimum absolute atomic E-state index is 0.190. The van der Waals surface area contributed by atoms with E-state index in [4.69, 9.17) is 17.3 Å². The van der Waals surface area contributed by atoms with Crippen molar-refractivity contribution in [3.63, 3.8) is 0 Å². The first-order valence-corrected chi connectivity index (χ1v) is 6.35. The molecule has 0 saturated carbocycles. The number of imidazole rings is 1. The fraction of sp³-hybridized carbons (Fsp3) is 0.0714. The average molecular weight is 312 g/mol. The summed E-state index contributed by atoms with van der Waals surface area (Å²) < 4.78 is 40.0. The number of pyridine rings is 1. The Bertz CT molecular complexity index is 824. The Labute approximate surface area is 122 Å². The molecule has 0 radical (unpaired) electrons. The highest BCUT2D eigenvalue weighted by Crippen LogP contribution is 2.33. The van der Waals surface area contributed by atoms with Crippen molar-refractivity contribution >= 4 is 22.8 Å². The summed E-state index contributed by atoms with van der Waals surface area (Å²) in [6, 6.07) is 8.19. The van der Waals surface area contributed by atoms with E-state index in [1.807, 2.05) is 0 Å². The molecule has 1 aromatic carbocycles. The van der Waals surface area contributed by atoms with Gasteiger partial charge in [-0.1, -0.05) is 23.7 Å². The summed E-state index contributed by atoms with van der Waals surface area (Å²) >= 11 is 6.02. The maximum atomic E-state index is 12.8. The molecule has 3 nitrogen and oxygen atoms in total. The minimum Gasteiger partial charge on any atom is -0.399 e. The van der Waals surface area contributed by atoms with E-state index in [9.17, 15) is 13.2 Å². The van der Waals surface area contributed by atoms with E-state index in [-0.39, 0.29) is 5.15 Å². The summed E-state index contributed by atoms with van der Waals surface area (Å²) in [7, 11) is 0. The molecular weight excluding hydrogens is 303 g/mol. The van der Waals surface area contributed by atoms with Gasteiger partial charge in [-0.15, -0.1) is 0 Å². The lowest BCUT2D eigenvalue weighted by atomic mass is 10.1. The number of nitrogens with zero attached hydrogens (tertiary/aromatic N) is 2.